The molecule has 0 spiro atoms. The standard InChI is InChI=1S/C32H32O2/c1-6-34-31(33)27-12-9-23(10-13-27)7-8-24-11-18-30-29(21-24)28(19-20-32(30,4)5)26-16-14-25(15-17-26)22(2)3/h9-19,21-22H,6,20H2,1-5H3. The predicted molar refractivity (Wildman–Crippen MR) is 140 cm³/mol. The summed E-state index contributed by atoms with van der Waals surface area (Å²) in [7, 11) is 0. The van der Waals surface area contributed by atoms with Crippen molar-refractivity contribution >= 4 is 11.5 Å². The smallest absolute Gasteiger partial charge is 0.338 e. The van der Waals surface area contributed by atoms with Gasteiger partial charge in [0.25, 0.3) is 0 Å². The molecule has 2 nitrogen and oxygen atoms in total. The van der Waals surface area contributed by atoms with Crippen LogP contribution in [-0.2, 0) is 10.2 Å². The molecule has 0 heterocycles. The second-order valence-electron chi connectivity index (χ2n) is 9.79. The van der Waals surface area contributed by atoms with Crippen molar-refractivity contribution in [3.63, 3.8) is 0 Å². The van der Waals surface area contributed by atoms with Crippen LogP contribution in [0.5, 0.6) is 0 Å². The summed E-state index contributed by atoms with van der Waals surface area (Å²) in [4.78, 5) is 11.9. The van der Waals surface area contributed by atoms with Crippen LogP contribution in [0, 0.1) is 11.8 Å². The van der Waals surface area contributed by atoms with Crippen LogP contribution in [0.4, 0.5) is 0 Å². The lowest BCUT2D eigenvalue weighted by molar-refractivity contribution is 0.0526. The number of esters is 1. The molecule has 3 aromatic carbocycles. The highest BCUT2D eigenvalue weighted by atomic mass is 16.5. The van der Waals surface area contributed by atoms with Crippen LogP contribution in [0.3, 0.4) is 0 Å². The van der Waals surface area contributed by atoms with Gasteiger partial charge >= 0.3 is 5.97 Å². The van der Waals surface area contributed by atoms with Crippen molar-refractivity contribution in [1.29, 1.82) is 0 Å². The molecular formula is C32H32O2. The maximum absolute atomic E-state index is 11.9. The van der Waals surface area contributed by atoms with Crippen LogP contribution in [0.15, 0.2) is 72.8 Å². The average molecular weight is 449 g/mol. The molecule has 2 heteroatoms. The van der Waals surface area contributed by atoms with Crippen molar-refractivity contribution in [2.75, 3.05) is 6.61 Å². The topological polar surface area (TPSA) is 26.3 Å². The average Bonchev–Trinajstić information content (AvgIpc) is 2.83. The fourth-order valence-corrected chi connectivity index (χ4v) is 4.38. The second kappa shape index (κ2) is 9.74. The quantitative estimate of drug-likeness (QED) is 0.305. The summed E-state index contributed by atoms with van der Waals surface area (Å²) < 4.78 is 5.05. The van der Waals surface area contributed by atoms with Gasteiger partial charge in [-0.1, -0.05) is 75.9 Å². The zero-order valence-corrected chi connectivity index (χ0v) is 20.7. The molecular weight excluding hydrogens is 416 g/mol. The normalized spacial score (nSPS) is 14.0. The number of allylic oxidation sites excluding steroid dienone is 1. The number of hydrogen-bond acceptors (Lipinski definition) is 2. The van der Waals surface area contributed by atoms with Crippen molar-refractivity contribution in [1.82, 2.24) is 0 Å². The minimum Gasteiger partial charge on any atom is -0.462 e. The number of hydrogen-bond donors (Lipinski definition) is 0. The van der Waals surface area contributed by atoms with Gasteiger partial charge in [-0.25, -0.2) is 4.79 Å². The first-order chi connectivity index (χ1) is 16.3. The minimum atomic E-state index is -0.306. The van der Waals surface area contributed by atoms with Crippen molar-refractivity contribution < 1.29 is 9.53 Å². The number of fused-ring (bicyclic) bond motifs is 1. The third-order valence-corrected chi connectivity index (χ3v) is 6.49. The number of rotatable bonds is 4. The highest BCUT2D eigenvalue weighted by Crippen LogP contribution is 2.41. The molecule has 0 N–H and O–H groups in total. The first-order valence-electron chi connectivity index (χ1n) is 12.0. The van der Waals surface area contributed by atoms with E-state index in [4.69, 9.17) is 4.74 Å². The SMILES string of the molecule is CCOC(=O)c1ccc(C#Cc2ccc3c(c2)C(c2ccc(C(C)C)cc2)=CCC3(C)C)cc1. The Morgan fingerprint density at radius 3 is 2.24 bits per heavy atom. The molecule has 34 heavy (non-hydrogen) atoms. The van der Waals surface area contributed by atoms with E-state index in [2.05, 4.69) is 88.1 Å². The molecule has 3 aromatic rings. The van der Waals surface area contributed by atoms with E-state index in [1.165, 1.54) is 27.8 Å². The van der Waals surface area contributed by atoms with Crippen LogP contribution in [0.1, 0.15) is 90.7 Å². The van der Waals surface area contributed by atoms with Gasteiger partial charge in [0.1, 0.15) is 0 Å². The molecule has 0 aliphatic heterocycles. The first kappa shape index (κ1) is 23.6. The fourth-order valence-electron chi connectivity index (χ4n) is 4.38. The molecule has 0 saturated heterocycles. The number of benzene rings is 3. The molecule has 0 unspecified atom stereocenters. The highest BCUT2D eigenvalue weighted by molar-refractivity contribution is 5.89. The van der Waals surface area contributed by atoms with E-state index in [1.807, 2.05) is 12.1 Å². The van der Waals surface area contributed by atoms with Gasteiger partial charge < -0.3 is 4.74 Å². The summed E-state index contributed by atoms with van der Waals surface area (Å²) >= 11 is 0. The van der Waals surface area contributed by atoms with Gasteiger partial charge in [0.05, 0.1) is 12.2 Å². The first-order valence-corrected chi connectivity index (χ1v) is 12.0. The predicted octanol–water partition coefficient (Wildman–Crippen LogP) is 7.50. The van der Waals surface area contributed by atoms with Crippen LogP contribution in [-0.4, -0.2) is 12.6 Å². The van der Waals surface area contributed by atoms with Gasteiger partial charge in [0.2, 0.25) is 0 Å². The Morgan fingerprint density at radius 2 is 1.59 bits per heavy atom. The molecule has 1 aliphatic carbocycles. The van der Waals surface area contributed by atoms with Crippen LogP contribution >= 0.6 is 0 Å². The maximum Gasteiger partial charge on any atom is 0.338 e. The Hall–Kier alpha value is -3.57. The molecule has 0 saturated carbocycles. The van der Waals surface area contributed by atoms with E-state index in [9.17, 15) is 4.79 Å². The molecule has 0 aromatic heterocycles. The summed E-state index contributed by atoms with van der Waals surface area (Å²) in [5.41, 5.74) is 9.00. The van der Waals surface area contributed by atoms with Crippen molar-refractivity contribution in [2.45, 2.75) is 52.4 Å². The zero-order valence-electron chi connectivity index (χ0n) is 20.7. The van der Waals surface area contributed by atoms with Gasteiger partial charge in [-0.15, -0.1) is 0 Å². The van der Waals surface area contributed by atoms with E-state index in [0.29, 0.717) is 18.1 Å². The zero-order chi connectivity index (χ0) is 24.3. The third-order valence-electron chi connectivity index (χ3n) is 6.49. The Kier molecular flexibility index (Phi) is 6.75. The molecule has 4 rings (SSSR count). The molecule has 0 radical (unpaired) electrons. The lowest BCUT2D eigenvalue weighted by Gasteiger charge is -2.32. The highest BCUT2D eigenvalue weighted by Gasteiger charge is 2.28. The van der Waals surface area contributed by atoms with Gasteiger partial charge in [0.15, 0.2) is 0 Å². The Bertz CT molecular complexity index is 1280. The van der Waals surface area contributed by atoms with Gasteiger partial charge in [-0.05, 0) is 88.9 Å². The Labute approximate surface area is 203 Å². The largest absolute Gasteiger partial charge is 0.462 e. The summed E-state index contributed by atoms with van der Waals surface area (Å²) in [6.07, 6.45) is 3.39. The van der Waals surface area contributed by atoms with Crippen LogP contribution < -0.4 is 0 Å². The summed E-state index contributed by atoms with van der Waals surface area (Å²) in [6, 6.07) is 22.8. The van der Waals surface area contributed by atoms with Crippen molar-refractivity contribution in [3.05, 3.63) is 112 Å². The monoisotopic (exact) mass is 448 g/mol. The lowest BCUT2D eigenvalue weighted by atomic mass is 9.72. The Morgan fingerprint density at radius 1 is 0.941 bits per heavy atom. The molecule has 172 valence electrons. The van der Waals surface area contributed by atoms with Crippen LogP contribution in [0.2, 0.25) is 0 Å². The van der Waals surface area contributed by atoms with Crippen LogP contribution in [0.25, 0.3) is 5.57 Å². The molecule has 0 amide bonds. The number of carbonyl (C=O) groups is 1. The van der Waals surface area contributed by atoms with Gasteiger partial charge in [-0.2, -0.15) is 0 Å². The van der Waals surface area contributed by atoms with Gasteiger partial charge in [-0.3, -0.25) is 0 Å². The van der Waals surface area contributed by atoms with Gasteiger partial charge in [0, 0.05) is 11.1 Å². The molecule has 0 fully saturated rings. The summed E-state index contributed by atoms with van der Waals surface area (Å²) in [5.74, 6) is 6.77. The molecule has 0 atom stereocenters. The van der Waals surface area contributed by atoms with E-state index in [-0.39, 0.29) is 11.4 Å². The van der Waals surface area contributed by atoms with E-state index in [0.717, 1.165) is 17.5 Å². The second-order valence-corrected chi connectivity index (χ2v) is 9.79. The van der Waals surface area contributed by atoms with Crippen molar-refractivity contribution in [3.8, 4) is 11.8 Å². The third kappa shape index (κ3) is 5.00. The van der Waals surface area contributed by atoms with E-state index < -0.39 is 0 Å². The number of ether oxygens (including phenoxy) is 1. The molecule has 0 bridgehead atoms. The summed E-state index contributed by atoms with van der Waals surface area (Å²) in [5, 5.41) is 0. The maximum atomic E-state index is 11.9. The minimum absolute atomic E-state index is 0.0889. The number of carbonyl (C=O) groups excluding carboxylic acids is 1. The lowest BCUT2D eigenvalue weighted by Crippen LogP contribution is -2.22. The van der Waals surface area contributed by atoms with E-state index in [1.54, 1.807) is 19.1 Å². The van der Waals surface area contributed by atoms with Crippen molar-refractivity contribution in [2.24, 2.45) is 0 Å². The summed E-state index contributed by atoms with van der Waals surface area (Å²) in [6.45, 7) is 11.2. The van der Waals surface area contributed by atoms with E-state index >= 15 is 0 Å². The Balaban J connectivity index is 1.65. The fraction of sp³-hybridized carbons (Fsp3) is 0.281. The molecule has 1 aliphatic rings.